The zero-order valence-electron chi connectivity index (χ0n) is 27.5. The third-order valence-electron chi connectivity index (χ3n) is 8.21. The molecule has 4 aromatic carbocycles. The van der Waals surface area contributed by atoms with Crippen LogP contribution in [0.5, 0.6) is 0 Å². The van der Waals surface area contributed by atoms with E-state index in [2.05, 4.69) is 12.2 Å². The summed E-state index contributed by atoms with van der Waals surface area (Å²) in [6, 6.07) is 28.6. The van der Waals surface area contributed by atoms with Crippen LogP contribution < -0.4 is 9.62 Å². The average Bonchev–Trinajstić information content (AvgIpc) is 3.03. The van der Waals surface area contributed by atoms with Gasteiger partial charge in [-0.1, -0.05) is 103 Å². The second-order valence-corrected chi connectivity index (χ2v) is 13.8. The molecule has 7 nitrogen and oxygen atoms in total. The molecule has 0 saturated heterocycles. The Balaban J connectivity index is 1.82. The van der Waals surface area contributed by atoms with E-state index >= 15 is 0 Å². The minimum atomic E-state index is -4.15. The first-order chi connectivity index (χ1) is 22.0. The number of unbranched alkanes of at least 4 members (excludes halogenated alkanes) is 1. The summed E-state index contributed by atoms with van der Waals surface area (Å²) in [5, 5.41) is 3.04. The number of carbonyl (C=O) groups is 2. The van der Waals surface area contributed by atoms with Crippen molar-refractivity contribution in [1.29, 1.82) is 0 Å². The van der Waals surface area contributed by atoms with Gasteiger partial charge in [-0.2, -0.15) is 0 Å². The van der Waals surface area contributed by atoms with Crippen molar-refractivity contribution in [2.24, 2.45) is 0 Å². The molecule has 4 aromatic rings. The first-order valence-electron chi connectivity index (χ1n) is 15.8. The summed E-state index contributed by atoms with van der Waals surface area (Å²) in [6.07, 6.45) is 2.01. The lowest BCUT2D eigenvalue weighted by Gasteiger charge is -2.34. The van der Waals surface area contributed by atoms with Crippen LogP contribution in [0.15, 0.2) is 102 Å². The van der Waals surface area contributed by atoms with Gasteiger partial charge in [0, 0.05) is 19.5 Å². The summed E-state index contributed by atoms with van der Waals surface area (Å²) in [7, 11) is -4.15. The Labute approximate surface area is 274 Å². The van der Waals surface area contributed by atoms with Crippen molar-refractivity contribution < 1.29 is 18.0 Å². The maximum absolute atomic E-state index is 14.7. The van der Waals surface area contributed by atoms with E-state index in [4.69, 9.17) is 0 Å². The van der Waals surface area contributed by atoms with Crippen LogP contribution >= 0.6 is 0 Å². The van der Waals surface area contributed by atoms with Crippen LogP contribution in [0.1, 0.15) is 53.1 Å². The topological polar surface area (TPSA) is 86.8 Å². The number of benzene rings is 4. The first kappa shape index (κ1) is 34.4. The van der Waals surface area contributed by atoms with Crippen molar-refractivity contribution >= 4 is 27.5 Å². The van der Waals surface area contributed by atoms with Crippen molar-refractivity contribution in [1.82, 2.24) is 10.2 Å². The molecule has 1 N–H and O–H groups in total. The Morgan fingerprint density at radius 3 is 2.09 bits per heavy atom. The van der Waals surface area contributed by atoms with Crippen LogP contribution in [-0.2, 0) is 32.6 Å². The molecule has 0 aliphatic heterocycles. The Bertz CT molecular complexity index is 1740. The number of sulfonamides is 1. The van der Waals surface area contributed by atoms with E-state index in [1.807, 2.05) is 94.4 Å². The van der Waals surface area contributed by atoms with Gasteiger partial charge in [0.2, 0.25) is 11.8 Å². The number of hydrogen-bond acceptors (Lipinski definition) is 4. The molecule has 2 amide bonds. The number of nitrogens with zero attached hydrogens (tertiary/aromatic N) is 2. The van der Waals surface area contributed by atoms with E-state index in [0.29, 0.717) is 12.2 Å². The molecule has 46 heavy (non-hydrogen) atoms. The van der Waals surface area contributed by atoms with Crippen LogP contribution in [0.4, 0.5) is 5.69 Å². The Morgan fingerprint density at radius 2 is 1.43 bits per heavy atom. The molecule has 0 radical (unpaired) electrons. The smallest absolute Gasteiger partial charge is 0.264 e. The van der Waals surface area contributed by atoms with Gasteiger partial charge in [0.05, 0.1) is 10.6 Å². The monoisotopic (exact) mass is 639 g/mol. The maximum atomic E-state index is 14.7. The summed E-state index contributed by atoms with van der Waals surface area (Å²) in [6.45, 7) is 9.86. The molecule has 0 bridgehead atoms. The summed E-state index contributed by atoms with van der Waals surface area (Å²) >= 11 is 0. The molecular weight excluding hydrogens is 595 g/mol. The second-order valence-electron chi connectivity index (χ2n) is 11.9. The van der Waals surface area contributed by atoms with Gasteiger partial charge in [-0.15, -0.1) is 0 Å². The molecule has 0 saturated carbocycles. The standard InChI is InChI=1S/C38H45N3O4S/c1-6-7-23-39-38(43)36(25-32-14-9-8-10-15-32)40(26-33-16-12-11-13-30(33)4)37(42)27-41(35-22-19-29(3)24-31(35)5)46(44,45)34-20-17-28(2)18-21-34/h8-22,24,36H,6-7,23,25-27H2,1-5H3,(H,39,43)/t36-/m1/s1. The Kier molecular flexibility index (Phi) is 11.8. The number of hydrogen-bond donors (Lipinski definition) is 1. The van der Waals surface area contributed by atoms with Crippen LogP contribution in [0.25, 0.3) is 0 Å². The van der Waals surface area contributed by atoms with Crippen LogP contribution in [0.3, 0.4) is 0 Å². The molecule has 0 fully saturated rings. The van der Waals surface area contributed by atoms with Crippen molar-refractivity contribution in [2.45, 2.75) is 71.4 Å². The van der Waals surface area contributed by atoms with Crippen molar-refractivity contribution in [3.63, 3.8) is 0 Å². The molecule has 242 valence electrons. The van der Waals surface area contributed by atoms with Crippen molar-refractivity contribution in [3.8, 4) is 0 Å². The largest absolute Gasteiger partial charge is 0.354 e. The van der Waals surface area contributed by atoms with E-state index in [-0.39, 0.29) is 23.8 Å². The lowest BCUT2D eigenvalue weighted by Crippen LogP contribution is -2.53. The zero-order chi connectivity index (χ0) is 33.3. The number of rotatable bonds is 14. The van der Waals surface area contributed by atoms with E-state index in [9.17, 15) is 18.0 Å². The average molecular weight is 640 g/mol. The lowest BCUT2D eigenvalue weighted by atomic mass is 10.0. The number of nitrogens with one attached hydrogen (secondary N) is 1. The second kappa shape index (κ2) is 15.7. The molecule has 4 rings (SSSR count). The van der Waals surface area contributed by atoms with E-state index in [1.54, 1.807) is 35.2 Å². The van der Waals surface area contributed by atoms with Gasteiger partial charge in [-0.25, -0.2) is 8.42 Å². The molecule has 0 heterocycles. The summed E-state index contributed by atoms with van der Waals surface area (Å²) in [5.74, 6) is -0.732. The number of carbonyl (C=O) groups excluding carboxylic acids is 2. The van der Waals surface area contributed by atoms with Gasteiger partial charge in [-0.3, -0.25) is 13.9 Å². The fourth-order valence-electron chi connectivity index (χ4n) is 5.47. The van der Waals surface area contributed by atoms with E-state index in [0.717, 1.165) is 46.2 Å². The predicted molar refractivity (Wildman–Crippen MR) is 185 cm³/mol. The third kappa shape index (κ3) is 8.63. The number of amides is 2. The molecule has 1 atom stereocenters. The van der Waals surface area contributed by atoms with Gasteiger partial charge in [0.25, 0.3) is 10.0 Å². The Hall–Kier alpha value is -4.43. The molecule has 8 heteroatoms. The number of anilines is 1. The molecular formula is C38H45N3O4S. The molecule has 0 unspecified atom stereocenters. The van der Waals surface area contributed by atoms with Crippen LogP contribution in [0, 0.1) is 27.7 Å². The summed E-state index contributed by atoms with van der Waals surface area (Å²) < 4.78 is 29.8. The van der Waals surface area contributed by atoms with Gasteiger partial charge in [0.15, 0.2) is 0 Å². The minimum absolute atomic E-state index is 0.0921. The summed E-state index contributed by atoms with van der Waals surface area (Å²) in [5.41, 5.74) is 5.82. The van der Waals surface area contributed by atoms with Gasteiger partial charge < -0.3 is 10.2 Å². The quantitative estimate of drug-likeness (QED) is 0.156. The highest BCUT2D eigenvalue weighted by molar-refractivity contribution is 7.92. The Morgan fingerprint density at radius 1 is 0.783 bits per heavy atom. The van der Waals surface area contributed by atoms with Gasteiger partial charge in [-0.05, 0) is 74.6 Å². The highest BCUT2D eigenvalue weighted by atomic mass is 32.2. The molecule has 0 spiro atoms. The summed E-state index contributed by atoms with van der Waals surface area (Å²) in [4.78, 5) is 30.2. The third-order valence-corrected chi connectivity index (χ3v) is 9.99. The molecule has 0 aromatic heterocycles. The zero-order valence-corrected chi connectivity index (χ0v) is 28.3. The van der Waals surface area contributed by atoms with Gasteiger partial charge in [0.1, 0.15) is 12.6 Å². The SMILES string of the molecule is CCCCNC(=O)[C@@H](Cc1ccccc1)N(Cc1ccccc1C)C(=O)CN(c1ccc(C)cc1C)S(=O)(=O)c1ccc(C)cc1. The van der Waals surface area contributed by atoms with Gasteiger partial charge >= 0.3 is 0 Å². The maximum Gasteiger partial charge on any atom is 0.264 e. The van der Waals surface area contributed by atoms with Crippen LogP contribution in [0.2, 0.25) is 0 Å². The van der Waals surface area contributed by atoms with Crippen LogP contribution in [-0.4, -0.2) is 44.3 Å². The first-order valence-corrected chi connectivity index (χ1v) is 17.3. The van der Waals surface area contributed by atoms with Crippen molar-refractivity contribution in [2.75, 3.05) is 17.4 Å². The number of aryl methyl sites for hydroxylation is 4. The minimum Gasteiger partial charge on any atom is -0.354 e. The normalized spacial score (nSPS) is 11.9. The van der Waals surface area contributed by atoms with E-state index < -0.39 is 28.5 Å². The highest BCUT2D eigenvalue weighted by Gasteiger charge is 2.35. The lowest BCUT2D eigenvalue weighted by molar-refractivity contribution is -0.140. The molecule has 0 aliphatic rings. The fourth-order valence-corrected chi connectivity index (χ4v) is 6.95. The van der Waals surface area contributed by atoms with Crippen molar-refractivity contribution in [3.05, 3.63) is 130 Å². The van der Waals surface area contributed by atoms with E-state index in [1.165, 1.54) is 4.31 Å². The predicted octanol–water partition coefficient (Wildman–Crippen LogP) is 6.67. The fraction of sp³-hybridized carbons (Fsp3) is 0.316. The highest BCUT2D eigenvalue weighted by Crippen LogP contribution is 2.29. The molecule has 0 aliphatic carbocycles.